The third-order valence-corrected chi connectivity index (χ3v) is 5.96. The number of carbonyl (C=O) groups is 1. The van der Waals surface area contributed by atoms with Crippen molar-refractivity contribution in [3.63, 3.8) is 0 Å². The fourth-order valence-electron chi connectivity index (χ4n) is 3.56. The zero-order chi connectivity index (χ0) is 22.7. The topological polar surface area (TPSA) is 117 Å². The van der Waals surface area contributed by atoms with Gasteiger partial charge >= 0.3 is 17.2 Å². The second-order valence-corrected chi connectivity index (χ2v) is 8.14. The highest BCUT2D eigenvalue weighted by molar-refractivity contribution is 7.99. The Bertz CT molecular complexity index is 1210. The highest BCUT2D eigenvalue weighted by Crippen LogP contribution is 2.38. The van der Waals surface area contributed by atoms with Crippen LogP contribution in [0.25, 0.3) is 11.3 Å². The van der Waals surface area contributed by atoms with Crippen LogP contribution >= 0.6 is 11.8 Å². The van der Waals surface area contributed by atoms with Gasteiger partial charge in [0.25, 0.3) is 6.17 Å². The molecule has 10 heteroatoms. The second-order valence-electron chi connectivity index (χ2n) is 7.05. The molecule has 3 aromatic rings. The quantitative estimate of drug-likeness (QED) is 0.351. The van der Waals surface area contributed by atoms with Crippen molar-refractivity contribution in [2.45, 2.75) is 24.7 Å². The summed E-state index contributed by atoms with van der Waals surface area (Å²) in [6.45, 7) is 1.52. The van der Waals surface area contributed by atoms with Gasteiger partial charge in [-0.2, -0.15) is 0 Å². The number of anilines is 1. The third kappa shape index (κ3) is 4.13. The number of hydrogen-bond acceptors (Lipinski definition) is 7. The predicted molar refractivity (Wildman–Crippen MR) is 119 cm³/mol. The number of thioether (sulfide) groups is 1. The Morgan fingerprint density at radius 1 is 1.25 bits per heavy atom. The van der Waals surface area contributed by atoms with E-state index in [4.69, 9.17) is 19.7 Å². The Balaban J connectivity index is 1.91. The maximum Gasteiger partial charge on any atom is 0.341 e. The lowest BCUT2D eigenvalue weighted by atomic mass is 10.0. The van der Waals surface area contributed by atoms with Gasteiger partial charge < -0.3 is 19.9 Å². The molecule has 1 aliphatic heterocycles. The van der Waals surface area contributed by atoms with Gasteiger partial charge in [0.15, 0.2) is 18.1 Å². The number of hydrogen-bond donors (Lipinski definition) is 3. The molecular formula is C22H23N4O5S+. The highest BCUT2D eigenvalue weighted by Gasteiger charge is 2.39. The molecule has 9 nitrogen and oxygen atoms in total. The Hall–Kier alpha value is -3.53. The van der Waals surface area contributed by atoms with Crippen LogP contribution in [0.3, 0.4) is 0 Å². The van der Waals surface area contributed by atoms with Crippen molar-refractivity contribution in [3.05, 3.63) is 58.4 Å². The first-order chi connectivity index (χ1) is 15.5. The monoisotopic (exact) mass is 455 g/mol. The summed E-state index contributed by atoms with van der Waals surface area (Å²) in [7, 11) is 1.49. The van der Waals surface area contributed by atoms with Crippen LogP contribution in [-0.4, -0.2) is 40.6 Å². The maximum atomic E-state index is 13.1. The number of rotatable bonds is 8. The largest absolute Gasteiger partial charge is 0.493 e. The molecular weight excluding hydrogens is 432 g/mol. The van der Waals surface area contributed by atoms with Gasteiger partial charge in [0, 0.05) is 10.9 Å². The van der Waals surface area contributed by atoms with Crippen LogP contribution in [0, 0.1) is 0 Å². The number of H-pyrrole nitrogens is 1. The number of carboxylic acid groups (broad SMARTS) is 1. The normalized spacial score (nSPS) is 14.1. The van der Waals surface area contributed by atoms with E-state index < -0.39 is 18.7 Å². The number of aromatic nitrogens is 3. The Morgan fingerprint density at radius 3 is 2.81 bits per heavy atom. The first kappa shape index (κ1) is 21.7. The van der Waals surface area contributed by atoms with Crippen molar-refractivity contribution in [3.8, 4) is 22.8 Å². The van der Waals surface area contributed by atoms with Crippen LogP contribution in [0.1, 0.15) is 25.1 Å². The van der Waals surface area contributed by atoms with E-state index in [0.717, 1.165) is 23.4 Å². The van der Waals surface area contributed by atoms with Crippen LogP contribution in [-0.2, 0) is 4.79 Å². The number of aliphatic carboxylic acids is 1. The van der Waals surface area contributed by atoms with E-state index in [-0.39, 0.29) is 11.3 Å². The Labute approximate surface area is 188 Å². The van der Waals surface area contributed by atoms with Gasteiger partial charge in [-0.1, -0.05) is 36.9 Å². The summed E-state index contributed by atoms with van der Waals surface area (Å²) in [6.07, 6.45) is 0.311. The minimum Gasteiger partial charge on any atom is -0.493 e. The zero-order valence-electron chi connectivity index (χ0n) is 17.6. The summed E-state index contributed by atoms with van der Waals surface area (Å²) < 4.78 is 12.7. The summed E-state index contributed by atoms with van der Waals surface area (Å²) in [5.74, 6) is 0.363. The number of aromatic amines is 1. The first-order valence-corrected chi connectivity index (χ1v) is 11.1. The van der Waals surface area contributed by atoms with Gasteiger partial charge in [-0.05, 0) is 35.4 Å². The molecule has 0 spiro atoms. The third-order valence-electron chi connectivity index (χ3n) is 4.89. The number of fused-ring (bicyclic) bond motifs is 3. The van der Waals surface area contributed by atoms with E-state index in [1.807, 2.05) is 24.3 Å². The molecule has 32 heavy (non-hydrogen) atoms. The van der Waals surface area contributed by atoms with Crippen LogP contribution in [0.15, 0.2) is 52.4 Å². The SMILES string of the molecule is CCCSc1n[n+]2c(c(=O)[nH]1)-c1ccccc1N[C@H]2c1cccc(OC)c1OCC(=O)O. The van der Waals surface area contributed by atoms with Gasteiger partial charge in [-0.3, -0.25) is 9.78 Å². The zero-order valence-corrected chi connectivity index (χ0v) is 18.4. The van der Waals surface area contributed by atoms with Crippen molar-refractivity contribution in [2.75, 3.05) is 24.8 Å². The van der Waals surface area contributed by atoms with Crippen molar-refractivity contribution >= 4 is 23.4 Å². The minimum absolute atomic E-state index is 0.256. The molecule has 1 atom stereocenters. The number of carboxylic acids is 1. The Kier molecular flexibility index (Phi) is 6.31. The molecule has 0 fully saturated rings. The Morgan fingerprint density at radius 2 is 2.06 bits per heavy atom. The van der Waals surface area contributed by atoms with E-state index in [1.165, 1.54) is 18.9 Å². The number of nitrogens with zero attached hydrogens (tertiary/aromatic N) is 2. The lowest BCUT2D eigenvalue weighted by molar-refractivity contribution is -0.759. The molecule has 1 aliphatic rings. The molecule has 166 valence electrons. The molecule has 0 aliphatic carbocycles. The molecule has 2 aromatic carbocycles. The summed E-state index contributed by atoms with van der Waals surface area (Å²) in [5, 5.41) is 17.8. The van der Waals surface area contributed by atoms with E-state index in [2.05, 4.69) is 17.2 Å². The standard InChI is InChI=1S/C22H22N4O5S/c1-3-11-32-22-24-21(29)18-13-7-4-5-9-15(13)23-20(26(18)25-22)14-8-6-10-16(30-2)19(14)31-12-17(27)28/h4-10,20H,3,11-12H2,1-2H3,(H2,24,25,27,28,29)/p+1/t20-/m1/s1. The summed E-state index contributed by atoms with van der Waals surface area (Å²) in [4.78, 5) is 27.2. The summed E-state index contributed by atoms with van der Waals surface area (Å²) in [5.41, 5.74) is 2.22. The first-order valence-electron chi connectivity index (χ1n) is 10.1. The van der Waals surface area contributed by atoms with Gasteiger partial charge in [0.05, 0.1) is 23.9 Å². The van der Waals surface area contributed by atoms with Crippen LogP contribution in [0.2, 0.25) is 0 Å². The molecule has 0 saturated heterocycles. The van der Waals surface area contributed by atoms with Crippen molar-refractivity contribution in [1.29, 1.82) is 0 Å². The van der Waals surface area contributed by atoms with Crippen LogP contribution < -0.4 is 25.0 Å². The highest BCUT2D eigenvalue weighted by atomic mass is 32.2. The fraction of sp³-hybridized carbons (Fsp3) is 0.273. The predicted octanol–water partition coefficient (Wildman–Crippen LogP) is 2.67. The lowest BCUT2D eigenvalue weighted by Gasteiger charge is -2.24. The average molecular weight is 456 g/mol. The van der Waals surface area contributed by atoms with Crippen molar-refractivity contribution < 1.29 is 24.1 Å². The molecule has 0 amide bonds. The number of benzene rings is 2. The van der Waals surface area contributed by atoms with E-state index >= 15 is 0 Å². The maximum absolute atomic E-state index is 13.1. The molecule has 2 heterocycles. The smallest absolute Gasteiger partial charge is 0.341 e. The lowest BCUT2D eigenvalue weighted by Crippen LogP contribution is -2.55. The van der Waals surface area contributed by atoms with E-state index in [9.17, 15) is 9.59 Å². The van der Waals surface area contributed by atoms with E-state index in [0.29, 0.717) is 22.2 Å². The van der Waals surface area contributed by atoms with Crippen LogP contribution in [0.4, 0.5) is 5.69 Å². The summed E-state index contributed by atoms with van der Waals surface area (Å²) in [6, 6.07) is 12.7. The molecule has 0 bridgehead atoms. The molecule has 0 unspecified atom stereocenters. The van der Waals surface area contributed by atoms with Gasteiger partial charge in [0.2, 0.25) is 5.16 Å². The average Bonchev–Trinajstić information content (AvgIpc) is 2.80. The van der Waals surface area contributed by atoms with Gasteiger partial charge in [0.1, 0.15) is 0 Å². The van der Waals surface area contributed by atoms with Crippen molar-refractivity contribution in [2.24, 2.45) is 0 Å². The number of para-hydroxylation sites is 2. The van der Waals surface area contributed by atoms with E-state index in [1.54, 1.807) is 22.9 Å². The van der Waals surface area contributed by atoms with Gasteiger partial charge in [-0.15, -0.1) is 0 Å². The fourth-order valence-corrected chi connectivity index (χ4v) is 4.27. The summed E-state index contributed by atoms with van der Waals surface area (Å²) >= 11 is 1.46. The number of methoxy groups -OCH3 is 1. The minimum atomic E-state index is -1.11. The van der Waals surface area contributed by atoms with Crippen LogP contribution in [0.5, 0.6) is 11.5 Å². The second kappa shape index (κ2) is 9.31. The molecule has 0 radical (unpaired) electrons. The molecule has 4 rings (SSSR count). The molecule has 0 saturated carbocycles. The van der Waals surface area contributed by atoms with Gasteiger partial charge in [-0.25, -0.2) is 4.79 Å². The van der Waals surface area contributed by atoms with Crippen molar-refractivity contribution in [1.82, 2.24) is 10.1 Å². The number of ether oxygens (including phenoxy) is 2. The number of nitrogens with one attached hydrogen (secondary N) is 2. The molecule has 3 N–H and O–H groups in total. The molecule has 1 aromatic heterocycles.